The molecule has 0 radical (unpaired) electrons. The number of hydrogen-bond donors (Lipinski definition) is 2. The van der Waals surface area contributed by atoms with Crippen LogP contribution in [0.5, 0.6) is 0 Å². The van der Waals surface area contributed by atoms with Gasteiger partial charge in [0.25, 0.3) is 0 Å². The Kier molecular flexibility index (Phi) is 5.79. The summed E-state index contributed by atoms with van der Waals surface area (Å²) in [5, 5.41) is 6.91. The highest BCUT2D eigenvalue weighted by Crippen LogP contribution is 2.20. The lowest BCUT2D eigenvalue weighted by Gasteiger charge is -2.20. The maximum Gasteiger partial charge on any atom is 0.191 e. The minimum absolute atomic E-state index is 0.435. The Morgan fingerprint density at radius 1 is 1.24 bits per heavy atom. The van der Waals surface area contributed by atoms with Crippen LogP contribution in [0.25, 0.3) is 0 Å². The standard InChI is InChI=1S/C14H29N3/c1-14(2,3)10-7-11-16-13(15-4)17-12-8-5-6-9-12/h12H,5-11H2,1-4H3,(H2,15,16,17). The topological polar surface area (TPSA) is 36.4 Å². The molecule has 1 fully saturated rings. The molecule has 0 saturated heterocycles. The van der Waals surface area contributed by atoms with Crippen LogP contribution >= 0.6 is 0 Å². The molecule has 0 unspecified atom stereocenters. The first-order valence-corrected chi connectivity index (χ1v) is 6.98. The van der Waals surface area contributed by atoms with Crippen molar-refractivity contribution >= 4 is 5.96 Å². The molecule has 0 aromatic heterocycles. The van der Waals surface area contributed by atoms with E-state index in [4.69, 9.17) is 0 Å². The lowest BCUT2D eigenvalue weighted by atomic mass is 9.91. The summed E-state index contributed by atoms with van der Waals surface area (Å²) in [6, 6.07) is 0.642. The molecule has 17 heavy (non-hydrogen) atoms. The highest BCUT2D eigenvalue weighted by Gasteiger charge is 2.15. The highest BCUT2D eigenvalue weighted by atomic mass is 15.2. The van der Waals surface area contributed by atoms with Crippen LogP contribution < -0.4 is 10.6 Å². The number of nitrogens with one attached hydrogen (secondary N) is 2. The lowest BCUT2D eigenvalue weighted by Crippen LogP contribution is -2.42. The maximum absolute atomic E-state index is 4.28. The van der Waals surface area contributed by atoms with Crippen LogP contribution in [0, 0.1) is 5.41 Å². The molecule has 3 heteroatoms. The summed E-state index contributed by atoms with van der Waals surface area (Å²) in [6.07, 6.45) is 7.76. The van der Waals surface area contributed by atoms with Gasteiger partial charge in [-0.2, -0.15) is 0 Å². The van der Waals surface area contributed by atoms with E-state index in [2.05, 4.69) is 36.4 Å². The fraction of sp³-hybridized carbons (Fsp3) is 0.929. The van der Waals surface area contributed by atoms with Crippen molar-refractivity contribution < 1.29 is 0 Å². The molecular weight excluding hydrogens is 210 g/mol. The van der Waals surface area contributed by atoms with Crippen molar-refractivity contribution in [2.75, 3.05) is 13.6 Å². The van der Waals surface area contributed by atoms with Gasteiger partial charge in [-0.3, -0.25) is 4.99 Å². The molecule has 0 bridgehead atoms. The fourth-order valence-corrected chi connectivity index (χ4v) is 2.28. The molecule has 0 aromatic rings. The van der Waals surface area contributed by atoms with Gasteiger partial charge in [0.1, 0.15) is 0 Å². The van der Waals surface area contributed by atoms with Crippen LogP contribution in [0.15, 0.2) is 4.99 Å². The minimum Gasteiger partial charge on any atom is -0.356 e. The molecule has 0 aromatic carbocycles. The van der Waals surface area contributed by atoms with Crippen molar-refractivity contribution in [2.24, 2.45) is 10.4 Å². The Morgan fingerprint density at radius 2 is 1.88 bits per heavy atom. The second-order valence-electron chi connectivity index (χ2n) is 6.29. The highest BCUT2D eigenvalue weighted by molar-refractivity contribution is 5.79. The van der Waals surface area contributed by atoms with Crippen LogP contribution in [0.4, 0.5) is 0 Å². The van der Waals surface area contributed by atoms with E-state index in [0.717, 1.165) is 12.5 Å². The number of guanidine groups is 1. The number of nitrogens with zero attached hydrogens (tertiary/aromatic N) is 1. The molecule has 0 atom stereocenters. The molecule has 0 heterocycles. The predicted octanol–water partition coefficient (Wildman–Crippen LogP) is 2.92. The van der Waals surface area contributed by atoms with Crippen LogP contribution in [0.3, 0.4) is 0 Å². The van der Waals surface area contributed by atoms with E-state index >= 15 is 0 Å². The molecule has 1 aliphatic carbocycles. The molecule has 2 N–H and O–H groups in total. The van der Waals surface area contributed by atoms with Gasteiger partial charge in [-0.1, -0.05) is 33.6 Å². The summed E-state index contributed by atoms with van der Waals surface area (Å²) in [5.41, 5.74) is 0.435. The second kappa shape index (κ2) is 6.87. The third kappa shape index (κ3) is 6.54. The number of rotatable bonds is 4. The van der Waals surface area contributed by atoms with Crippen molar-refractivity contribution in [2.45, 2.75) is 65.3 Å². The third-order valence-electron chi connectivity index (χ3n) is 3.32. The van der Waals surface area contributed by atoms with Crippen LogP contribution in [-0.4, -0.2) is 25.6 Å². The van der Waals surface area contributed by atoms with Crippen molar-refractivity contribution in [1.29, 1.82) is 0 Å². The largest absolute Gasteiger partial charge is 0.356 e. The normalized spacial score (nSPS) is 18.5. The predicted molar refractivity (Wildman–Crippen MR) is 75.4 cm³/mol. The number of aliphatic imine (C=N–C) groups is 1. The maximum atomic E-state index is 4.28. The molecule has 1 aliphatic rings. The Balaban J connectivity index is 2.14. The molecule has 0 aliphatic heterocycles. The van der Waals surface area contributed by atoms with Gasteiger partial charge >= 0.3 is 0 Å². The molecule has 0 spiro atoms. The van der Waals surface area contributed by atoms with Gasteiger partial charge in [-0.05, 0) is 31.1 Å². The molecular formula is C14H29N3. The Labute approximate surface area is 106 Å². The van der Waals surface area contributed by atoms with E-state index in [-0.39, 0.29) is 0 Å². The lowest BCUT2D eigenvalue weighted by molar-refractivity contribution is 0.365. The van der Waals surface area contributed by atoms with Crippen molar-refractivity contribution in [3.05, 3.63) is 0 Å². The van der Waals surface area contributed by atoms with Crippen molar-refractivity contribution in [1.82, 2.24) is 10.6 Å². The van der Waals surface area contributed by atoms with Crippen molar-refractivity contribution in [3.63, 3.8) is 0 Å². The zero-order valence-corrected chi connectivity index (χ0v) is 12.0. The van der Waals surface area contributed by atoms with Crippen molar-refractivity contribution in [3.8, 4) is 0 Å². The van der Waals surface area contributed by atoms with E-state index in [0.29, 0.717) is 11.5 Å². The minimum atomic E-state index is 0.435. The molecule has 0 amide bonds. The first kappa shape index (κ1) is 14.3. The summed E-state index contributed by atoms with van der Waals surface area (Å²) >= 11 is 0. The van der Waals surface area contributed by atoms with Crippen LogP contribution in [0.1, 0.15) is 59.3 Å². The third-order valence-corrected chi connectivity index (χ3v) is 3.32. The first-order valence-electron chi connectivity index (χ1n) is 6.98. The first-order chi connectivity index (χ1) is 8.01. The summed E-state index contributed by atoms with van der Waals surface area (Å²) in [7, 11) is 1.86. The van der Waals surface area contributed by atoms with Gasteiger partial charge in [-0.15, -0.1) is 0 Å². The Hall–Kier alpha value is -0.730. The second-order valence-corrected chi connectivity index (χ2v) is 6.29. The van der Waals surface area contributed by atoms with Gasteiger partial charge in [0, 0.05) is 19.6 Å². The number of hydrogen-bond acceptors (Lipinski definition) is 1. The zero-order chi connectivity index (χ0) is 12.7. The SMILES string of the molecule is CN=C(NCCCC(C)(C)C)NC1CCCC1. The summed E-state index contributed by atoms with van der Waals surface area (Å²) in [5.74, 6) is 0.978. The summed E-state index contributed by atoms with van der Waals surface area (Å²) < 4.78 is 0. The Morgan fingerprint density at radius 3 is 2.41 bits per heavy atom. The van der Waals surface area contributed by atoms with E-state index in [1.807, 2.05) is 7.05 Å². The monoisotopic (exact) mass is 239 g/mol. The Bertz CT molecular complexity index is 234. The average Bonchev–Trinajstić information content (AvgIpc) is 2.73. The van der Waals surface area contributed by atoms with Gasteiger partial charge < -0.3 is 10.6 Å². The fourth-order valence-electron chi connectivity index (χ4n) is 2.28. The van der Waals surface area contributed by atoms with Gasteiger partial charge in [-0.25, -0.2) is 0 Å². The smallest absolute Gasteiger partial charge is 0.191 e. The molecule has 3 nitrogen and oxygen atoms in total. The van der Waals surface area contributed by atoms with Crippen LogP contribution in [-0.2, 0) is 0 Å². The summed E-state index contributed by atoms with van der Waals surface area (Å²) in [6.45, 7) is 7.89. The van der Waals surface area contributed by atoms with E-state index < -0.39 is 0 Å². The van der Waals surface area contributed by atoms with Gasteiger partial charge in [0.05, 0.1) is 0 Å². The van der Waals surface area contributed by atoms with Crippen LogP contribution in [0.2, 0.25) is 0 Å². The van der Waals surface area contributed by atoms with E-state index in [9.17, 15) is 0 Å². The van der Waals surface area contributed by atoms with E-state index in [1.54, 1.807) is 0 Å². The summed E-state index contributed by atoms with van der Waals surface area (Å²) in [4.78, 5) is 4.28. The molecule has 1 saturated carbocycles. The molecule has 100 valence electrons. The average molecular weight is 239 g/mol. The zero-order valence-electron chi connectivity index (χ0n) is 12.0. The van der Waals surface area contributed by atoms with E-state index in [1.165, 1.54) is 38.5 Å². The molecule has 1 rings (SSSR count). The van der Waals surface area contributed by atoms with Gasteiger partial charge in [0.15, 0.2) is 5.96 Å². The quantitative estimate of drug-likeness (QED) is 0.449. The van der Waals surface area contributed by atoms with Gasteiger partial charge in [0.2, 0.25) is 0 Å².